The topological polar surface area (TPSA) is 26.3 Å². The molecular formula is C13H20O2. The van der Waals surface area contributed by atoms with E-state index >= 15 is 0 Å². The van der Waals surface area contributed by atoms with Crippen LogP contribution in [-0.4, -0.2) is 17.0 Å². The molecule has 84 valence electrons. The van der Waals surface area contributed by atoms with E-state index in [2.05, 4.69) is 12.2 Å². The number of fused-ring (bicyclic) bond motifs is 2. The van der Waals surface area contributed by atoms with Gasteiger partial charge in [-0.1, -0.05) is 12.2 Å². The highest BCUT2D eigenvalue weighted by Crippen LogP contribution is 2.57. The monoisotopic (exact) mass is 208 g/mol. The van der Waals surface area contributed by atoms with Crippen molar-refractivity contribution in [1.29, 1.82) is 0 Å². The molecule has 0 saturated carbocycles. The highest BCUT2D eigenvalue weighted by atomic mass is 16.5. The molecule has 2 heteroatoms. The van der Waals surface area contributed by atoms with Crippen molar-refractivity contribution < 1.29 is 9.53 Å². The standard InChI is InChI=1S/C13H20O2/c1-10(2)9(14)11(3,4)13(6)8-7-12(10,5)15-13/h7-8H,1-6H3/t12-,13+. The zero-order valence-corrected chi connectivity index (χ0v) is 10.5. The second-order valence-electron chi connectivity index (χ2n) is 6.23. The van der Waals surface area contributed by atoms with Crippen molar-refractivity contribution in [3.8, 4) is 0 Å². The third-order valence-electron chi connectivity index (χ3n) is 4.76. The average Bonchev–Trinajstić information content (AvgIpc) is 2.42. The van der Waals surface area contributed by atoms with E-state index in [4.69, 9.17) is 4.74 Å². The molecular weight excluding hydrogens is 188 g/mol. The summed E-state index contributed by atoms with van der Waals surface area (Å²) < 4.78 is 6.14. The number of ketones is 1. The number of carbonyl (C=O) groups is 1. The first kappa shape index (κ1) is 10.9. The molecule has 2 nitrogen and oxygen atoms in total. The van der Waals surface area contributed by atoms with E-state index in [0.29, 0.717) is 0 Å². The minimum atomic E-state index is -0.455. The fourth-order valence-corrected chi connectivity index (χ4v) is 2.73. The summed E-state index contributed by atoms with van der Waals surface area (Å²) in [5.41, 5.74) is -1.81. The highest BCUT2D eigenvalue weighted by Gasteiger charge is 2.66. The predicted octanol–water partition coefficient (Wildman–Crippen LogP) is 2.73. The summed E-state index contributed by atoms with van der Waals surface area (Å²) in [5, 5.41) is 0. The highest BCUT2D eigenvalue weighted by molar-refractivity contribution is 5.93. The smallest absolute Gasteiger partial charge is 0.150 e. The van der Waals surface area contributed by atoms with E-state index in [-0.39, 0.29) is 5.78 Å². The number of hydrogen-bond acceptors (Lipinski definition) is 2. The van der Waals surface area contributed by atoms with Crippen LogP contribution < -0.4 is 0 Å². The lowest BCUT2D eigenvalue weighted by molar-refractivity contribution is -0.215. The van der Waals surface area contributed by atoms with Gasteiger partial charge in [0.2, 0.25) is 0 Å². The third-order valence-corrected chi connectivity index (χ3v) is 4.76. The summed E-state index contributed by atoms with van der Waals surface area (Å²) in [4.78, 5) is 12.5. The first-order valence-corrected chi connectivity index (χ1v) is 5.52. The van der Waals surface area contributed by atoms with Gasteiger partial charge in [0.05, 0.1) is 22.0 Å². The van der Waals surface area contributed by atoms with Crippen LogP contribution in [0.3, 0.4) is 0 Å². The van der Waals surface area contributed by atoms with Crippen molar-refractivity contribution in [3.05, 3.63) is 12.2 Å². The van der Waals surface area contributed by atoms with Crippen LogP contribution in [0.2, 0.25) is 0 Å². The molecule has 2 bridgehead atoms. The van der Waals surface area contributed by atoms with Gasteiger partial charge >= 0.3 is 0 Å². The maximum atomic E-state index is 12.5. The summed E-state index contributed by atoms with van der Waals surface area (Å²) in [5.74, 6) is 0.288. The quantitative estimate of drug-likeness (QED) is 0.572. The molecule has 2 heterocycles. The Morgan fingerprint density at radius 2 is 1.20 bits per heavy atom. The number of carbonyl (C=O) groups excluding carboxylic acids is 1. The molecule has 0 aromatic carbocycles. The molecule has 2 rings (SSSR count). The van der Waals surface area contributed by atoms with Crippen LogP contribution in [0.25, 0.3) is 0 Å². The maximum Gasteiger partial charge on any atom is 0.150 e. The van der Waals surface area contributed by atoms with E-state index in [9.17, 15) is 4.79 Å². The summed E-state index contributed by atoms with van der Waals surface area (Å²) in [6, 6.07) is 0. The summed E-state index contributed by atoms with van der Waals surface area (Å²) >= 11 is 0. The Balaban J connectivity index is 2.64. The lowest BCUT2D eigenvalue weighted by Crippen LogP contribution is -2.64. The molecule has 0 spiro atoms. The molecule has 0 N–H and O–H groups in total. The molecule has 0 radical (unpaired) electrons. The Morgan fingerprint density at radius 3 is 1.53 bits per heavy atom. The second kappa shape index (κ2) is 2.37. The van der Waals surface area contributed by atoms with Crippen molar-refractivity contribution in [1.82, 2.24) is 0 Å². The van der Waals surface area contributed by atoms with Crippen LogP contribution in [0.15, 0.2) is 12.2 Å². The van der Waals surface area contributed by atoms with Gasteiger partial charge in [-0.2, -0.15) is 0 Å². The van der Waals surface area contributed by atoms with Crippen molar-refractivity contribution >= 4 is 5.78 Å². The number of hydrogen-bond donors (Lipinski definition) is 0. The minimum absolute atomic E-state index is 0.288. The summed E-state index contributed by atoms with van der Waals surface area (Å²) in [6.07, 6.45) is 4.11. The number of Topliss-reactive ketones (excluding diaryl/α,β-unsaturated/α-hetero) is 1. The lowest BCUT2D eigenvalue weighted by atomic mass is 9.60. The van der Waals surface area contributed by atoms with E-state index < -0.39 is 22.0 Å². The summed E-state index contributed by atoms with van der Waals surface area (Å²) in [7, 11) is 0. The fourth-order valence-electron chi connectivity index (χ4n) is 2.73. The van der Waals surface area contributed by atoms with E-state index in [1.54, 1.807) is 0 Å². The molecule has 1 fully saturated rings. The van der Waals surface area contributed by atoms with Crippen LogP contribution in [0.5, 0.6) is 0 Å². The van der Waals surface area contributed by atoms with Crippen molar-refractivity contribution in [2.45, 2.75) is 52.7 Å². The van der Waals surface area contributed by atoms with Crippen LogP contribution in [0, 0.1) is 10.8 Å². The molecule has 0 aliphatic carbocycles. The van der Waals surface area contributed by atoms with E-state index in [1.807, 2.05) is 41.5 Å². The van der Waals surface area contributed by atoms with Crippen LogP contribution in [0.4, 0.5) is 0 Å². The first-order chi connectivity index (χ1) is 6.57. The Morgan fingerprint density at radius 1 is 0.867 bits per heavy atom. The molecule has 0 unspecified atom stereocenters. The van der Waals surface area contributed by atoms with Gasteiger partial charge in [-0.25, -0.2) is 0 Å². The Kier molecular flexibility index (Phi) is 1.72. The van der Waals surface area contributed by atoms with Gasteiger partial charge in [0.25, 0.3) is 0 Å². The normalized spacial score (nSPS) is 45.9. The SMILES string of the molecule is CC1(C)C(=O)C(C)(C)[C@]2(C)C=C[C@@]1(C)O2. The number of rotatable bonds is 0. The number of ether oxygens (including phenoxy) is 1. The minimum Gasteiger partial charge on any atom is -0.359 e. The van der Waals surface area contributed by atoms with Crippen LogP contribution >= 0.6 is 0 Å². The van der Waals surface area contributed by atoms with Gasteiger partial charge in [-0.05, 0) is 41.5 Å². The van der Waals surface area contributed by atoms with Gasteiger partial charge in [0.15, 0.2) is 0 Å². The molecule has 2 aliphatic rings. The second-order valence-corrected chi connectivity index (χ2v) is 6.23. The average molecular weight is 208 g/mol. The molecule has 0 aromatic heterocycles. The van der Waals surface area contributed by atoms with E-state index in [0.717, 1.165) is 0 Å². The van der Waals surface area contributed by atoms with Gasteiger partial charge in [0, 0.05) is 0 Å². The predicted molar refractivity (Wildman–Crippen MR) is 59.6 cm³/mol. The lowest BCUT2D eigenvalue weighted by Gasteiger charge is -2.54. The Labute approximate surface area is 91.7 Å². The van der Waals surface area contributed by atoms with Crippen molar-refractivity contribution in [2.24, 2.45) is 10.8 Å². The third kappa shape index (κ3) is 0.963. The molecule has 2 aliphatic heterocycles. The van der Waals surface area contributed by atoms with E-state index in [1.165, 1.54) is 0 Å². The van der Waals surface area contributed by atoms with Gasteiger partial charge in [-0.3, -0.25) is 4.79 Å². The first-order valence-electron chi connectivity index (χ1n) is 5.52. The van der Waals surface area contributed by atoms with Crippen LogP contribution in [0.1, 0.15) is 41.5 Å². The Bertz CT molecular complexity index is 333. The molecule has 1 saturated heterocycles. The fraction of sp³-hybridized carbons (Fsp3) is 0.769. The van der Waals surface area contributed by atoms with Crippen molar-refractivity contribution in [3.63, 3.8) is 0 Å². The molecule has 15 heavy (non-hydrogen) atoms. The molecule has 0 amide bonds. The summed E-state index contributed by atoms with van der Waals surface area (Å²) in [6.45, 7) is 11.9. The zero-order valence-electron chi connectivity index (χ0n) is 10.5. The zero-order chi connectivity index (χ0) is 11.7. The largest absolute Gasteiger partial charge is 0.359 e. The van der Waals surface area contributed by atoms with Gasteiger partial charge in [-0.15, -0.1) is 0 Å². The van der Waals surface area contributed by atoms with Gasteiger partial charge < -0.3 is 4.74 Å². The van der Waals surface area contributed by atoms with Gasteiger partial charge in [0.1, 0.15) is 5.78 Å². The molecule has 2 atom stereocenters. The molecule has 0 aromatic rings. The van der Waals surface area contributed by atoms with Crippen molar-refractivity contribution in [2.75, 3.05) is 0 Å². The Hall–Kier alpha value is -0.630. The van der Waals surface area contributed by atoms with Crippen LogP contribution in [-0.2, 0) is 9.53 Å². The maximum absolute atomic E-state index is 12.5.